The van der Waals surface area contributed by atoms with Crippen LogP contribution in [0, 0.1) is 5.41 Å². The fourth-order valence-electron chi connectivity index (χ4n) is 3.16. The molecule has 0 saturated carbocycles. The van der Waals surface area contributed by atoms with E-state index in [1.54, 1.807) is 30.0 Å². The Bertz CT molecular complexity index is 995. The van der Waals surface area contributed by atoms with E-state index >= 15 is 0 Å². The Kier molecular flexibility index (Phi) is 6.46. The van der Waals surface area contributed by atoms with Gasteiger partial charge in [0.15, 0.2) is 0 Å². The van der Waals surface area contributed by atoms with Crippen LogP contribution in [0.1, 0.15) is 31.1 Å². The van der Waals surface area contributed by atoms with Crippen molar-refractivity contribution in [2.75, 3.05) is 30.4 Å². The number of thioether (sulfide) groups is 1. The molecule has 2 N–H and O–H groups in total. The van der Waals surface area contributed by atoms with E-state index in [0.717, 1.165) is 16.4 Å². The maximum Gasteiger partial charge on any atom is 0.255 e. The Morgan fingerprint density at radius 1 is 1.20 bits per heavy atom. The lowest BCUT2D eigenvalue weighted by Crippen LogP contribution is -2.33. The van der Waals surface area contributed by atoms with Gasteiger partial charge < -0.3 is 20.2 Å². The second kappa shape index (κ2) is 8.88. The van der Waals surface area contributed by atoms with E-state index in [-0.39, 0.29) is 22.6 Å². The van der Waals surface area contributed by atoms with Crippen LogP contribution in [0.4, 0.5) is 11.4 Å². The first-order chi connectivity index (χ1) is 14.2. The van der Waals surface area contributed by atoms with Crippen molar-refractivity contribution < 1.29 is 9.90 Å². The van der Waals surface area contributed by atoms with Crippen molar-refractivity contribution in [1.29, 1.82) is 0 Å². The summed E-state index contributed by atoms with van der Waals surface area (Å²) in [5, 5.41) is 14.0. The highest BCUT2D eigenvalue weighted by atomic mass is 32.2. The number of carbonyl (C=O) groups excluding carboxylic acids is 1. The van der Waals surface area contributed by atoms with E-state index in [9.17, 15) is 9.90 Å². The number of carbonyl (C=O) groups is 1. The third kappa shape index (κ3) is 5.19. The smallest absolute Gasteiger partial charge is 0.255 e. The third-order valence-electron chi connectivity index (χ3n) is 4.81. The van der Waals surface area contributed by atoms with E-state index < -0.39 is 0 Å². The Morgan fingerprint density at radius 3 is 2.63 bits per heavy atom. The van der Waals surface area contributed by atoms with Crippen LogP contribution in [-0.2, 0) is 0 Å². The Morgan fingerprint density at radius 2 is 1.93 bits per heavy atom. The Labute approximate surface area is 183 Å². The average Bonchev–Trinajstić information content (AvgIpc) is 3.06. The molecule has 0 atom stereocenters. The van der Waals surface area contributed by atoms with Gasteiger partial charge >= 0.3 is 0 Å². The van der Waals surface area contributed by atoms with Gasteiger partial charge in [-0.3, -0.25) is 4.79 Å². The van der Waals surface area contributed by atoms with Gasteiger partial charge in [0.2, 0.25) is 0 Å². The molecule has 6 heteroatoms. The summed E-state index contributed by atoms with van der Waals surface area (Å²) < 4.78 is 0. The standard InChI is InChI=1S/C24H29N3O2S/c1-17-15-27(19-10-8-9-18(13-19)26(4)5)22(30-17)14-24(2,3)16-25-23(29)20-11-6-7-12-21(20)28/h6-15,28H,16H2,1-5H3,(H,25,29). The monoisotopic (exact) mass is 423 g/mol. The van der Waals surface area contributed by atoms with Crippen LogP contribution in [-0.4, -0.2) is 31.7 Å². The Balaban J connectivity index is 1.77. The maximum absolute atomic E-state index is 12.5. The molecule has 1 aliphatic rings. The molecule has 5 nitrogen and oxygen atoms in total. The minimum absolute atomic E-state index is 0.00992. The summed E-state index contributed by atoms with van der Waals surface area (Å²) in [6, 6.07) is 15.0. The number of rotatable bonds is 6. The molecule has 0 saturated heterocycles. The van der Waals surface area contributed by atoms with Crippen molar-refractivity contribution in [3.05, 3.63) is 76.3 Å². The molecule has 0 aromatic heterocycles. The first-order valence-electron chi connectivity index (χ1n) is 9.88. The molecular formula is C24H29N3O2S. The van der Waals surface area contributed by atoms with Gasteiger partial charge in [-0.1, -0.05) is 43.8 Å². The summed E-state index contributed by atoms with van der Waals surface area (Å²) in [5.41, 5.74) is 2.25. The third-order valence-corrected chi connectivity index (χ3v) is 5.76. The molecule has 158 valence electrons. The van der Waals surface area contributed by atoms with E-state index in [1.165, 1.54) is 11.0 Å². The summed E-state index contributed by atoms with van der Waals surface area (Å²) in [5.74, 6) is -0.284. The number of anilines is 2. The molecule has 2 aromatic carbocycles. The maximum atomic E-state index is 12.5. The first-order valence-corrected chi connectivity index (χ1v) is 10.7. The molecule has 0 aliphatic carbocycles. The highest BCUT2D eigenvalue weighted by Crippen LogP contribution is 2.41. The average molecular weight is 424 g/mol. The molecule has 0 bridgehead atoms. The number of amides is 1. The van der Waals surface area contributed by atoms with Crippen molar-refractivity contribution in [3.63, 3.8) is 0 Å². The van der Waals surface area contributed by atoms with Crippen molar-refractivity contribution in [2.45, 2.75) is 20.8 Å². The van der Waals surface area contributed by atoms with Gasteiger partial charge in [0, 0.05) is 48.5 Å². The van der Waals surface area contributed by atoms with Crippen LogP contribution in [0.15, 0.2) is 70.7 Å². The van der Waals surface area contributed by atoms with Crippen molar-refractivity contribution in [2.24, 2.45) is 5.41 Å². The van der Waals surface area contributed by atoms with Crippen molar-refractivity contribution in [3.8, 4) is 5.75 Å². The SMILES string of the molecule is CC1=CN(c2cccc(N(C)C)c2)C(=CC(C)(C)CNC(=O)c2ccccc2O)S1. The molecule has 0 fully saturated rings. The first kappa shape index (κ1) is 21.8. The van der Waals surface area contributed by atoms with Gasteiger partial charge in [0.1, 0.15) is 5.75 Å². The van der Waals surface area contributed by atoms with Crippen molar-refractivity contribution >= 4 is 29.0 Å². The molecule has 0 spiro atoms. The number of aromatic hydroxyl groups is 1. The molecule has 1 amide bonds. The van der Waals surface area contributed by atoms with Crippen LogP contribution < -0.4 is 15.1 Å². The molecule has 2 aromatic rings. The van der Waals surface area contributed by atoms with Crippen LogP contribution in [0.2, 0.25) is 0 Å². The number of nitrogens with one attached hydrogen (secondary N) is 1. The van der Waals surface area contributed by atoms with Gasteiger partial charge in [0.25, 0.3) is 5.91 Å². The van der Waals surface area contributed by atoms with Gasteiger partial charge in [-0.25, -0.2) is 0 Å². The zero-order chi connectivity index (χ0) is 21.9. The number of nitrogens with zero attached hydrogens (tertiary/aromatic N) is 2. The van der Waals surface area contributed by atoms with Gasteiger partial charge in [0.05, 0.1) is 10.6 Å². The number of phenols is 1. The zero-order valence-electron chi connectivity index (χ0n) is 18.1. The molecule has 0 radical (unpaired) electrons. The topological polar surface area (TPSA) is 55.8 Å². The summed E-state index contributed by atoms with van der Waals surface area (Å²) in [6.07, 6.45) is 4.33. The number of allylic oxidation sites excluding steroid dienone is 1. The molecule has 3 rings (SSSR count). The van der Waals surface area contributed by atoms with E-state index in [2.05, 4.69) is 72.4 Å². The fourth-order valence-corrected chi connectivity index (χ4v) is 4.28. The quantitative estimate of drug-likeness (QED) is 0.671. The molecule has 1 heterocycles. The minimum atomic E-state index is -0.280. The van der Waals surface area contributed by atoms with Gasteiger partial charge in [-0.2, -0.15) is 0 Å². The predicted octanol–water partition coefficient (Wildman–Crippen LogP) is 5.17. The number of hydrogen-bond acceptors (Lipinski definition) is 5. The van der Waals surface area contributed by atoms with E-state index in [1.807, 2.05) is 14.1 Å². The highest BCUT2D eigenvalue weighted by molar-refractivity contribution is 8.07. The number of benzene rings is 2. The lowest BCUT2D eigenvalue weighted by molar-refractivity contribution is 0.0940. The molecule has 1 aliphatic heterocycles. The Hall–Kier alpha value is -2.86. The predicted molar refractivity (Wildman–Crippen MR) is 127 cm³/mol. The van der Waals surface area contributed by atoms with Crippen LogP contribution in [0.5, 0.6) is 5.75 Å². The second-order valence-corrected chi connectivity index (χ2v) is 9.56. The largest absolute Gasteiger partial charge is 0.507 e. The summed E-state index contributed by atoms with van der Waals surface area (Å²) in [6.45, 7) is 6.73. The lowest BCUT2D eigenvalue weighted by Gasteiger charge is -2.26. The van der Waals surface area contributed by atoms with Crippen molar-refractivity contribution in [1.82, 2.24) is 5.32 Å². The molecular weight excluding hydrogens is 394 g/mol. The summed E-state index contributed by atoms with van der Waals surface area (Å²) in [7, 11) is 4.07. The van der Waals surface area contributed by atoms with Gasteiger partial charge in [-0.15, -0.1) is 0 Å². The van der Waals surface area contributed by atoms with Crippen LogP contribution >= 0.6 is 11.8 Å². The number of phenolic OH excluding ortho intramolecular Hbond substituents is 1. The normalized spacial score (nSPS) is 15.3. The summed E-state index contributed by atoms with van der Waals surface area (Å²) in [4.78, 5) is 18.0. The van der Waals surface area contributed by atoms with E-state index in [4.69, 9.17) is 0 Å². The minimum Gasteiger partial charge on any atom is -0.507 e. The number of hydrogen-bond donors (Lipinski definition) is 2. The second-order valence-electron chi connectivity index (χ2n) is 8.30. The van der Waals surface area contributed by atoms with E-state index in [0.29, 0.717) is 6.54 Å². The van der Waals surface area contributed by atoms with Crippen LogP contribution in [0.25, 0.3) is 0 Å². The lowest BCUT2D eigenvalue weighted by atomic mass is 9.93. The zero-order valence-corrected chi connectivity index (χ0v) is 19.0. The summed E-state index contributed by atoms with van der Waals surface area (Å²) >= 11 is 1.72. The van der Waals surface area contributed by atoms with Crippen LogP contribution in [0.3, 0.4) is 0 Å². The number of para-hydroxylation sites is 1. The van der Waals surface area contributed by atoms with Gasteiger partial charge in [-0.05, 0) is 43.3 Å². The highest BCUT2D eigenvalue weighted by Gasteiger charge is 2.25. The fraction of sp³-hybridized carbons (Fsp3) is 0.292. The molecule has 0 unspecified atom stereocenters. The molecule has 30 heavy (non-hydrogen) atoms.